The van der Waals surface area contributed by atoms with Gasteiger partial charge in [0.05, 0.1) is 13.2 Å². The van der Waals surface area contributed by atoms with E-state index in [9.17, 15) is 5.11 Å². The van der Waals surface area contributed by atoms with Crippen molar-refractivity contribution in [3.8, 4) is 5.75 Å². The molecule has 14 heavy (non-hydrogen) atoms. The van der Waals surface area contributed by atoms with E-state index in [2.05, 4.69) is 21.2 Å². The lowest BCUT2D eigenvalue weighted by Gasteiger charge is -2.15. The van der Waals surface area contributed by atoms with Crippen LogP contribution in [0, 0.1) is 0 Å². The van der Waals surface area contributed by atoms with Gasteiger partial charge < -0.3 is 15.2 Å². The molecule has 1 aromatic carbocycles. The molecule has 0 aliphatic carbocycles. The minimum atomic E-state index is -0.564. The van der Waals surface area contributed by atoms with Gasteiger partial charge >= 0.3 is 0 Å². The Morgan fingerprint density at radius 2 is 2.29 bits per heavy atom. The summed E-state index contributed by atoms with van der Waals surface area (Å²) in [5, 5.41) is 12.8. The van der Waals surface area contributed by atoms with Crippen molar-refractivity contribution in [1.82, 2.24) is 5.32 Å². The maximum atomic E-state index is 9.84. The highest BCUT2D eigenvalue weighted by Gasteiger charge is 2.15. The van der Waals surface area contributed by atoms with Gasteiger partial charge in [-0.05, 0) is 19.2 Å². The van der Waals surface area contributed by atoms with Gasteiger partial charge in [0.15, 0.2) is 0 Å². The molecule has 1 aromatic rings. The number of likely N-dealkylation sites (N-methyl/N-ethyl adjacent to an activating group) is 1. The summed E-state index contributed by atoms with van der Waals surface area (Å²) in [4.78, 5) is 0. The molecular formula is C10H14BrNO2. The van der Waals surface area contributed by atoms with Crippen LogP contribution in [0.4, 0.5) is 0 Å². The summed E-state index contributed by atoms with van der Waals surface area (Å²) in [5.41, 5.74) is 0.782. The number of nitrogens with one attached hydrogen (secondary N) is 1. The molecule has 0 amide bonds. The van der Waals surface area contributed by atoms with Gasteiger partial charge in [-0.25, -0.2) is 0 Å². The van der Waals surface area contributed by atoms with Crippen LogP contribution >= 0.6 is 15.9 Å². The second-order valence-electron chi connectivity index (χ2n) is 2.93. The number of aliphatic hydroxyl groups is 1. The lowest BCUT2D eigenvalue weighted by atomic mass is 10.1. The maximum Gasteiger partial charge on any atom is 0.125 e. The topological polar surface area (TPSA) is 41.5 Å². The molecule has 2 N–H and O–H groups in total. The summed E-state index contributed by atoms with van der Waals surface area (Å²) in [6, 6.07) is 5.59. The minimum absolute atomic E-state index is 0.499. The number of halogens is 1. The number of hydrogen-bond acceptors (Lipinski definition) is 3. The second-order valence-corrected chi connectivity index (χ2v) is 3.78. The highest BCUT2D eigenvalue weighted by molar-refractivity contribution is 9.10. The van der Waals surface area contributed by atoms with Gasteiger partial charge in [-0.1, -0.05) is 22.0 Å². The molecule has 0 heterocycles. The molecule has 1 unspecified atom stereocenters. The van der Waals surface area contributed by atoms with Crippen molar-refractivity contribution < 1.29 is 9.84 Å². The van der Waals surface area contributed by atoms with E-state index < -0.39 is 6.10 Å². The number of aliphatic hydroxyl groups excluding tert-OH is 1. The van der Waals surface area contributed by atoms with Gasteiger partial charge in [0.25, 0.3) is 0 Å². The minimum Gasteiger partial charge on any atom is -0.496 e. The standard InChI is InChI=1S/C10H14BrNO2/c1-12-6-8(13)10-7(11)4-3-5-9(10)14-2/h3-5,8,12-13H,6H2,1-2H3. The van der Waals surface area contributed by atoms with Crippen LogP contribution in [0.5, 0.6) is 5.75 Å². The van der Waals surface area contributed by atoms with Gasteiger partial charge in [0, 0.05) is 16.6 Å². The first-order valence-electron chi connectivity index (χ1n) is 4.35. The second kappa shape index (κ2) is 5.34. The van der Waals surface area contributed by atoms with E-state index in [0.717, 1.165) is 10.0 Å². The molecule has 0 spiro atoms. The molecule has 0 saturated heterocycles. The summed E-state index contributed by atoms with van der Waals surface area (Å²) >= 11 is 3.39. The van der Waals surface area contributed by atoms with Crippen LogP contribution in [0.3, 0.4) is 0 Å². The van der Waals surface area contributed by atoms with Crippen molar-refractivity contribution in [2.24, 2.45) is 0 Å². The Bertz CT molecular complexity index is 304. The van der Waals surface area contributed by atoms with Crippen LogP contribution in [0.25, 0.3) is 0 Å². The van der Waals surface area contributed by atoms with Crippen LogP contribution < -0.4 is 10.1 Å². The van der Waals surface area contributed by atoms with Crippen molar-refractivity contribution in [1.29, 1.82) is 0 Å². The number of methoxy groups -OCH3 is 1. The monoisotopic (exact) mass is 259 g/mol. The summed E-state index contributed by atoms with van der Waals surface area (Å²) in [5.74, 6) is 0.696. The first-order valence-corrected chi connectivity index (χ1v) is 5.15. The molecule has 0 fully saturated rings. The molecular weight excluding hydrogens is 246 g/mol. The van der Waals surface area contributed by atoms with Crippen molar-refractivity contribution >= 4 is 15.9 Å². The third-order valence-electron chi connectivity index (χ3n) is 1.96. The molecule has 0 aliphatic rings. The Hall–Kier alpha value is -0.580. The zero-order chi connectivity index (χ0) is 10.6. The van der Waals surface area contributed by atoms with Crippen LogP contribution in [0.1, 0.15) is 11.7 Å². The zero-order valence-electron chi connectivity index (χ0n) is 8.25. The van der Waals surface area contributed by atoms with Gasteiger partial charge in [0.1, 0.15) is 5.75 Å². The fraction of sp³-hybridized carbons (Fsp3) is 0.400. The number of rotatable bonds is 4. The number of ether oxygens (including phenoxy) is 1. The molecule has 0 aliphatic heterocycles. The highest BCUT2D eigenvalue weighted by Crippen LogP contribution is 2.31. The summed E-state index contributed by atoms with van der Waals surface area (Å²) < 4.78 is 6.04. The molecule has 4 heteroatoms. The molecule has 78 valence electrons. The quantitative estimate of drug-likeness (QED) is 0.866. The smallest absolute Gasteiger partial charge is 0.125 e. The van der Waals surface area contributed by atoms with E-state index in [1.54, 1.807) is 14.2 Å². The van der Waals surface area contributed by atoms with E-state index >= 15 is 0 Å². The zero-order valence-corrected chi connectivity index (χ0v) is 9.84. The third kappa shape index (κ3) is 2.47. The highest BCUT2D eigenvalue weighted by atomic mass is 79.9. The first kappa shape index (κ1) is 11.5. The molecule has 0 bridgehead atoms. The van der Waals surface area contributed by atoms with Crippen LogP contribution in [-0.4, -0.2) is 25.8 Å². The summed E-state index contributed by atoms with van der Waals surface area (Å²) in [6.45, 7) is 0.499. The van der Waals surface area contributed by atoms with Gasteiger partial charge in [0.2, 0.25) is 0 Å². The van der Waals surface area contributed by atoms with Crippen molar-refractivity contribution in [2.75, 3.05) is 20.7 Å². The normalized spacial score (nSPS) is 12.6. The van der Waals surface area contributed by atoms with Crippen LogP contribution in [0.15, 0.2) is 22.7 Å². The average Bonchev–Trinajstić information content (AvgIpc) is 2.17. The summed E-state index contributed by atoms with van der Waals surface area (Å²) in [6.07, 6.45) is -0.564. The molecule has 1 rings (SSSR count). The Kier molecular flexibility index (Phi) is 4.38. The molecule has 1 atom stereocenters. The fourth-order valence-electron chi connectivity index (χ4n) is 1.31. The maximum absolute atomic E-state index is 9.84. The molecule has 3 nitrogen and oxygen atoms in total. The third-order valence-corrected chi connectivity index (χ3v) is 2.66. The fourth-order valence-corrected chi connectivity index (χ4v) is 1.93. The van der Waals surface area contributed by atoms with Crippen molar-refractivity contribution in [3.63, 3.8) is 0 Å². The van der Waals surface area contributed by atoms with Crippen LogP contribution in [0.2, 0.25) is 0 Å². The van der Waals surface area contributed by atoms with Gasteiger partial charge in [-0.3, -0.25) is 0 Å². The van der Waals surface area contributed by atoms with E-state index in [-0.39, 0.29) is 0 Å². The molecule has 0 saturated carbocycles. The number of benzene rings is 1. The molecule has 0 radical (unpaired) electrons. The van der Waals surface area contributed by atoms with Crippen LogP contribution in [-0.2, 0) is 0 Å². The summed E-state index contributed by atoms with van der Waals surface area (Å²) in [7, 11) is 3.39. The van der Waals surface area contributed by atoms with Crippen molar-refractivity contribution in [2.45, 2.75) is 6.10 Å². The van der Waals surface area contributed by atoms with E-state index in [1.807, 2.05) is 18.2 Å². The number of hydrogen-bond donors (Lipinski definition) is 2. The lowest BCUT2D eigenvalue weighted by Crippen LogP contribution is -2.17. The predicted octanol–water partition coefficient (Wildman–Crippen LogP) is 1.71. The Balaban J connectivity index is 3.03. The van der Waals surface area contributed by atoms with Gasteiger partial charge in [-0.15, -0.1) is 0 Å². The largest absolute Gasteiger partial charge is 0.496 e. The SMILES string of the molecule is CNCC(O)c1c(Br)cccc1OC. The van der Waals surface area contributed by atoms with E-state index in [4.69, 9.17) is 4.74 Å². The first-order chi connectivity index (χ1) is 6.70. The lowest BCUT2D eigenvalue weighted by molar-refractivity contribution is 0.172. The van der Waals surface area contributed by atoms with Crippen molar-refractivity contribution in [3.05, 3.63) is 28.2 Å². The Labute approximate surface area is 92.2 Å². The van der Waals surface area contributed by atoms with E-state index in [1.165, 1.54) is 0 Å². The van der Waals surface area contributed by atoms with E-state index in [0.29, 0.717) is 12.3 Å². The van der Waals surface area contributed by atoms with Gasteiger partial charge in [-0.2, -0.15) is 0 Å². The average molecular weight is 260 g/mol. The predicted molar refractivity (Wildman–Crippen MR) is 59.6 cm³/mol. The molecule has 0 aromatic heterocycles. The Morgan fingerprint density at radius 3 is 2.86 bits per heavy atom. The Morgan fingerprint density at radius 1 is 1.57 bits per heavy atom.